The third-order valence-corrected chi connectivity index (χ3v) is 3.36. The second-order valence-corrected chi connectivity index (χ2v) is 5.05. The van der Waals surface area contributed by atoms with Crippen molar-refractivity contribution in [2.75, 3.05) is 6.54 Å². The monoisotopic (exact) mass is 299 g/mol. The van der Waals surface area contributed by atoms with Crippen LogP contribution in [-0.2, 0) is 0 Å². The summed E-state index contributed by atoms with van der Waals surface area (Å²) in [6.45, 7) is 6.86. The lowest BCUT2D eigenvalue weighted by Gasteiger charge is -2.09. The zero-order chi connectivity index (χ0) is 12.6. The predicted octanol–water partition coefficient (Wildman–Crippen LogP) is 4.31. The Balaban J connectivity index is 2.60. The Morgan fingerprint density at radius 3 is 2.82 bits per heavy atom. The molecular formula is C13H15BrFNO. The molecule has 1 aromatic carbocycles. The Hall–Kier alpha value is -0.870. The highest BCUT2D eigenvalue weighted by atomic mass is 79.9. The summed E-state index contributed by atoms with van der Waals surface area (Å²) in [6, 6.07) is 3.40. The maximum Gasteiger partial charge on any atom is 0.170 e. The number of nitrogens with one attached hydrogen (secondary N) is 1. The standard InChI is InChI=1S/C13H15BrFNO/c1-4-16-8(3)12-7(2)10-5-9(14)6-11(15)13(10)17-12/h5-6,8,16H,4H2,1-3H3. The molecule has 0 spiro atoms. The molecule has 4 heteroatoms. The second kappa shape index (κ2) is 4.78. The Morgan fingerprint density at radius 2 is 2.18 bits per heavy atom. The first-order chi connectivity index (χ1) is 8.04. The van der Waals surface area contributed by atoms with Gasteiger partial charge in [-0.25, -0.2) is 4.39 Å². The molecule has 0 radical (unpaired) electrons. The molecule has 0 amide bonds. The van der Waals surface area contributed by atoms with Crippen molar-refractivity contribution >= 4 is 26.9 Å². The lowest BCUT2D eigenvalue weighted by atomic mass is 10.1. The van der Waals surface area contributed by atoms with Gasteiger partial charge in [-0.2, -0.15) is 0 Å². The van der Waals surface area contributed by atoms with E-state index >= 15 is 0 Å². The number of hydrogen-bond donors (Lipinski definition) is 1. The highest BCUT2D eigenvalue weighted by molar-refractivity contribution is 9.10. The molecule has 0 fully saturated rings. The van der Waals surface area contributed by atoms with Crippen molar-refractivity contribution in [2.24, 2.45) is 0 Å². The first kappa shape index (κ1) is 12.6. The normalized spacial score (nSPS) is 13.2. The number of benzene rings is 1. The van der Waals surface area contributed by atoms with Crippen LogP contribution in [0.25, 0.3) is 11.0 Å². The SMILES string of the molecule is CCNC(C)c1oc2c(F)cc(Br)cc2c1C. The van der Waals surface area contributed by atoms with Gasteiger partial charge in [-0.05, 0) is 32.5 Å². The summed E-state index contributed by atoms with van der Waals surface area (Å²) in [7, 11) is 0. The molecular weight excluding hydrogens is 285 g/mol. The fraction of sp³-hybridized carbons (Fsp3) is 0.385. The van der Waals surface area contributed by atoms with Crippen LogP contribution in [0.2, 0.25) is 0 Å². The van der Waals surface area contributed by atoms with Gasteiger partial charge in [0, 0.05) is 15.4 Å². The van der Waals surface area contributed by atoms with E-state index in [1.54, 1.807) is 0 Å². The number of furan rings is 1. The molecule has 17 heavy (non-hydrogen) atoms. The zero-order valence-electron chi connectivity index (χ0n) is 10.1. The molecule has 0 aliphatic heterocycles. The van der Waals surface area contributed by atoms with Crippen LogP contribution >= 0.6 is 15.9 Å². The minimum Gasteiger partial charge on any atom is -0.456 e. The summed E-state index contributed by atoms with van der Waals surface area (Å²) < 4.78 is 20.1. The third kappa shape index (κ3) is 2.24. The van der Waals surface area contributed by atoms with Gasteiger partial charge in [0.2, 0.25) is 0 Å². The Kier molecular flexibility index (Phi) is 3.54. The van der Waals surface area contributed by atoms with Crippen molar-refractivity contribution < 1.29 is 8.81 Å². The van der Waals surface area contributed by atoms with Crippen LogP contribution in [0.4, 0.5) is 4.39 Å². The molecule has 0 bridgehead atoms. The van der Waals surface area contributed by atoms with Crippen molar-refractivity contribution in [2.45, 2.75) is 26.8 Å². The molecule has 92 valence electrons. The first-order valence-electron chi connectivity index (χ1n) is 5.66. The molecule has 2 nitrogen and oxygen atoms in total. The van der Waals surface area contributed by atoms with Crippen molar-refractivity contribution in [3.63, 3.8) is 0 Å². The van der Waals surface area contributed by atoms with E-state index in [0.717, 1.165) is 27.7 Å². The number of hydrogen-bond acceptors (Lipinski definition) is 2. The Bertz CT molecular complexity index is 550. The fourth-order valence-electron chi connectivity index (χ4n) is 2.07. The van der Waals surface area contributed by atoms with Crippen LogP contribution in [0.15, 0.2) is 21.0 Å². The van der Waals surface area contributed by atoms with Gasteiger partial charge in [-0.15, -0.1) is 0 Å². The van der Waals surface area contributed by atoms with E-state index in [9.17, 15) is 4.39 Å². The van der Waals surface area contributed by atoms with Crippen LogP contribution in [0.1, 0.15) is 31.2 Å². The van der Waals surface area contributed by atoms with Crippen molar-refractivity contribution in [1.82, 2.24) is 5.32 Å². The van der Waals surface area contributed by atoms with Gasteiger partial charge < -0.3 is 9.73 Å². The van der Waals surface area contributed by atoms with Gasteiger partial charge in [0.05, 0.1) is 6.04 Å². The molecule has 1 aromatic heterocycles. The van der Waals surface area contributed by atoms with Crippen molar-refractivity contribution in [3.8, 4) is 0 Å². The number of rotatable bonds is 3. The van der Waals surface area contributed by atoms with Gasteiger partial charge >= 0.3 is 0 Å². The highest BCUT2D eigenvalue weighted by Crippen LogP contribution is 2.33. The predicted molar refractivity (Wildman–Crippen MR) is 70.7 cm³/mol. The van der Waals surface area contributed by atoms with E-state index in [4.69, 9.17) is 4.42 Å². The zero-order valence-corrected chi connectivity index (χ0v) is 11.7. The van der Waals surface area contributed by atoms with E-state index in [-0.39, 0.29) is 11.9 Å². The average molecular weight is 300 g/mol. The summed E-state index contributed by atoms with van der Waals surface area (Å²) in [5, 5.41) is 4.10. The van der Waals surface area contributed by atoms with Crippen molar-refractivity contribution in [1.29, 1.82) is 0 Å². The lowest BCUT2D eigenvalue weighted by Crippen LogP contribution is -2.17. The van der Waals surface area contributed by atoms with E-state index in [2.05, 4.69) is 21.2 Å². The van der Waals surface area contributed by atoms with Gasteiger partial charge in [0.25, 0.3) is 0 Å². The lowest BCUT2D eigenvalue weighted by molar-refractivity contribution is 0.446. The maximum absolute atomic E-state index is 13.7. The molecule has 2 aromatic rings. The largest absolute Gasteiger partial charge is 0.456 e. The maximum atomic E-state index is 13.7. The minimum absolute atomic E-state index is 0.0885. The third-order valence-electron chi connectivity index (χ3n) is 2.90. The molecule has 0 saturated carbocycles. The van der Waals surface area contributed by atoms with Gasteiger partial charge in [-0.3, -0.25) is 0 Å². The minimum atomic E-state index is -0.326. The summed E-state index contributed by atoms with van der Waals surface area (Å²) in [6.07, 6.45) is 0. The average Bonchev–Trinajstić information content (AvgIpc) is 2.57. The molecule has 1 heterocycles. The number of aryl methyl sites for hydroxylation is 1. The second-order valence-electron chi connectivity index (χ2n) is 4.13. The molecule has 2 rings (SSSR count). The molecule has 0 aliphatic carbocycles. The molecule has 0 saturated heterocycles. The summed E-state index contributed by atoms with van der Waals surface area (Å²) in [5.41, 5.74) is 1.33. The van der Waals surface area contributed by atoms with Gasteiger partial charge in [-0.1, -0.05) is 22.9 Å². The molecule has 1 atom stereocenters. The van der Waals surface area contributed by atoms with E-state index in [1.165, 1.54) is 6.07 Å². The molecule has 1 unspecified atom stereocenters. The topological polar surface area (TPSA) is 25.2 Å². The van der Waals surface area contributed by atoms with Crippen LogP contribution in [0, 0.1) is 12.7 Å². The summed E-state index contributed by atoms with van der Waals surface area (Å²) in [4.78, 5) is 0. The highest BCUT2D eigenvalue weighted by Gasteiger charge is 2.18. The Labute approximate surface area is 108 Å². The van der Waals surface area contributed by atoms with Gasteiger partial charge in [0.1, 0.15) is 5.76 Å². The first-order valence-corrected chi connectivity index (χ1v) is 6.45. The number of halogens is 2. The Morgan fingerprint density at radius 1 is 1.47 bits per heavy atom. The number of fused-ring (bicyclic) bond motifs is 1. The van der Waals surface area contributed by atoms with E-state index in [0.29, 0.717) is 5.58 Å². The van der Waals surface area contributed by atoms with Crippen LogP contribution in [-0.4, -0.2) is 6.54 Å². The van der Waals surface area contributed by atoms with E-state index in [1.807, 2.05) is 26.8 Å². The fourth-order valence-corrected chi connectivity index (χ4v) is 2.50. The van der Waals surface area contributed by atoms with Crippen molar-refractivity contribution in [3.05, 3.63) is 33.7 Å². The summed E-state index contributed by atoms with van der Waals surface area (Å²) in [5.74, 6) is 0.478. The summed E-state index contributed by atoms with van der Waals surface area (Å²) >= 11 is 3.30. The molecule has 0 aliphatic rings. The van der Waals surface area contributed by atoms with Crippen LogP contribution in [0.5, 0.6) is 0 Å². The quantitative estimate of drug-likeness (QED) is 0.913. The molecule has 1 N–H and O–H groups in total. The van der Waals surface area contributed by atoms with Crippen LogP contribution in [0.3, 0.4) is 0 Å². The smallest absolute Gasteiger partial charge is 0.170 e. The van der Waals surface area contributed by atoms with Crippen LogP contribution < -0.4 is 5.32 Å². The van der Waals surface area contributed by atoms with E-state index < -0.39 is 0 Å². The van der Waals surface area contributed by atoms with Gasteiger partial charge in [0.15, 0.2) is 11.4 Å².